The molecule has 0 heterocycles. The topological polar surface area (TPSA) is 86.7 Å². The molecule has 0 aliphatic carbocycles. The van der Waals surface area contributed by atoms with Gasteiger partial charge in [-0.3, -0.25) is 4.55 Å². The van der Waals surface area contributed by atoms with Crippen molar-refractivity contribution in [2.45, 2.75) is 63.2 Å². The number of benzene rings is 2. The fourth-order valence-electron chi connectivity index (χ4n) is 2.92. The van der Waals surface area contributed by atoms with Gasteiger partial charge in [-0.05, 0) is 37.1 Å². The summed E-state index contributed by atoms with van der Waals surface area (Å²) >= 11 is 0. The first-order valence-electron chi connectivity index (χ1n) is 9.45. The molecule has 0 saturated carbocycles. The van der Waals surface area contributed by atoms with Gasteiger partial charge in [0.1, 0.15) is 11.5 Å². The molecule has 148 valence electrons. The predicted molar refractivity (Wildman–Crippen MR) is 104 cm³/mol. The molecule has 1 N–H and O–H groups in total. The van der Waals surface area contributed by atoms with E-state index in [1.54, 1.807) is 18.2 Å². The van der Waals surface area contributed by atoms with Gasteiger partial charge in [-0.15, -0.1) is 5.75 Å². The molecule has 2 rings (SSSR count). The summed E-state index contributed by atoms with van der Waals surface area (Å²) in [4.78, 5) is -0.233. The minimum atomic E-state index is -4.29. The van der Waals surface area contributed by atoms with Crippen LogP contribution in [-0.4, -0.2) is 13.0 Å². The van der Waals surface area contributed by atoms with E-state index in [1.165, 1.54) is 56.4 Å². The van der Waals surface area contributed by atoms with Crippen LogP contribution in [0.5, 0.6) is 17.2 Å². The normalized spacial score (nSPS) is 11.1. The van der Waals surface area contributed by atoms with Crippen molar-refractivity contribution in [3.63, 3.8) is 0 Å². The third-order valence-corrected chi connectivity index (χ3v) is 5.27. The molecule has 0 fully saturated rings. The molecule has 0 atom stereocenters. The van der Waals surface area contributed by atoms with Gasteiger partial charge in [0.25, 0.3) is 10.1 Å². The molecule has 0 radical (unpaired) electrons. The first-order valence-corrected chi connectivity index (χ1v) is 10.9. The van der Waals surface area contributed by atoms with Crippen molar-refractivity contribution in [3.8, 4) is 17.2 Å². The van der Waals surface area contributed by atoms with Gasteiger partial charge in [0, 0.05) is 6.07 Å². The Morgan fingerprint density at radius 2 is 1.57 bits per heavy atom. The Balaban J connectivity index is 0.00000392. The van der Waals surface area contributed by atoms with Crippen molar-refractivity contribution >= 4 is 10.1 Å². The van der Waals surface area contributed by atoms with Crippen LogP contribution in [0.3, 0.4) is 0 Å². The van der Waals surface area contributed by atoms with E-state index in [-0.39, 0.29) is 46.0 Å². The number of hydrogen-bond acceptors (Lipinski definition) is 4. The van der Waals surface area contributed by atoms with E-state index in [0.29, 0.717) is 17.7 Å². The number of ether oxygens (including phenoxy) is 1. The smallest absolute Gasteiger partial charge is 0.872 e. The Morgan fingerprint density at radius 1 is 0.929 bits per heavy atom. The SMILES string of the molecule is CCCCCCCCCc1cc(Oc2cccc(S(=O)(=O)O)c2)ccc1[O-].[Na+]. The Hall–Kier alpha value is -1.05. The van der Waals surface area contributed by atoms with Crippen LogP contribution in [0.25, 0.3) is 0 Å². The van der Waals surface area contributed by atoms with Crippen molar-refractivity contribution in [2.24, 2.45) is 0 Å². The number of aryl methyl sites for hydroxylation is 1. The van der Waals surface area contributed by atoms with Crippen LogP contribution in [-0.2, 0) is 16.5 Å². The molecule has 0 bridgehead atoms. The van der Waals surface area contributed by atoms with E-state index >= 15 is 0 Å². The van der Waals surface area contributed by atoms with Crippen molar-refractivity contribution in [1.82, 2.24) is 0 Å². The van der Waals surface area contributed by atoms with Gasteiger partial charge in [0.2, 0.25) is 0 Å². The molecule has 5 nitrogen and oxygen atoms in total. The summed E-state index contributed by atoms with van der Waals surface area (Å²) in [6.45, 7) is 2.20. The van der Waals surface area contributed by atoms with Gasteiger partial charge >= 0.3 is 29.6 Å². The van der Waals surface area contributed by atoms with Gasteiger partial charge in [0.15, 0.2) is 0 Å². The molecule has 0 aliphatic rings. The predicted octanol–water partition coefficient (Wildman–Crippen LogP) is 2.10. The summed E-state index contributed by atoms with van der Waals surface area (Å²) in [5.41, 5.74) is 0.701. The van der Waals surface area contributed by atoms with Crippen molar-refractivity contribution in [1.29, 1.82) is 0 Å². The average Bonchev–Trinajstić information content (AvgIpc) is 2.63. The third-order valence-electron chi connectivity index (χ3n) is 4.42. The van der Waals surface area contributed by atoms with Gasteiger partial charge in [-0.1, -0.05) is 63.1 Å². The standard InChI is InChI=1S/C21H28O5S.Na/c1-2-3-4-5-6-7-8-10-17-15-19(13-14-21(17)22)26-18-11-9-12-20(16-18)27(23,24)25;/h9,11-16,22H,2-8,10H2,1H3,(H,23,24,25);/q;+1/p-1. The number of unbranched alkanes of at least 4 members (excludes halogenated alkanes) is 6. The summed E-state index contributed by atoms with van der Waals surface area (Å²) in [5.74, 6) is 0.741. The zero-order valence-electron chi connectivity index (χ0n) is 16.7. The second-order valence-electron chi connectivity index (χ2n) is 6.69. The largest absolute Gasteiger partial charge is 1.00 e. The van der Waals surface area contributed by atoms with Crippen LogP contribution in [0.2, 0.25) is 0 Å². The van der Waals surface area contributed by atoms with E-state index < -0.39 is 10.1 Å². The molecule has 28 heavy (non-hydrogen) atoms. The fourth-order valence-corrected chi connectivity index (χ4v) is 3.44. The monoisotopic (exact) mass is 414 g/mol. The van der Waals surface area contributed by atoms with E-state index in [9.17, 15) is 13.5 Å². The van der Waals surface area contributed by atoms with Crippen molar-refractivity contribution < 1.29 is 52.4 Å². The molecule has 0 aliphatic heterocycles. The second-order valence-corrected chi connectivity index (χ2v) is 8.11. The molecular formula is C21H27NaO5S. The van der Waals surface area contributed by atoms with Crippen LogP contribution < -0.4 is 39.4 Å². The van der Waals surface area contributed by atoms with Crippen LogP contribution in [0.1, 0.15) is 57.4 Å². The molecule has 0 spiro atoms. The molecule has 2 aromatic carbocycles. The van der Waals surface area contributed by atoms with E-state index in [1.807, 2.05) is 0 Å². The molecular weight excluding hydrogens is 387 g/mol. The number of rotatable bonds is 11. The Bertz CT molecular complexity index is 836. The minimum Gasteiger partial charge on any atom is -0.872 e. The Labute approximate surface area is 190 Å². The van der Waals surface area contributed by atoms with Crippen LogP contribution >= 0.6 is 0 Å². The number of hydrogen-bond donors (Lipinski definition) is 1. The maximum Gasteiger partial charge on any atom is 1.00 e. The Morgan fingerprint density at radius 3 is 2.25 bits per heavy atom. The third kappa shape index (κ3) is 8.53. The minimum absolute atomic E-state index is 0. The molecule has 0 aromatic heterocycles. The van der Waals surface area contributed by atoms with Crippen molar-refractivity contribution in [3.05, 3.63) is 48.0 Å². The van der Waals surface area contributed by atoms with Crippen LogP contribution in [0, 0.1) is 0 Å². The molecule has 7 heteroatoms. The molecule has 0 saturated heterocycles. The van der Waals surface area contributed by atoms with E-state index in [0.717, 1.165) is 12.8 Å². The first kappa shape index (κ1) is 25.0. The Kier molecular flexibility index (Phi) is 11.2. The van der Waals surface area contributed by atoms with Gasteiger partial charge in [0.05, 0.1) is 4.90 Å². The quantitative estimate of drug-likeness (QED) is 0.346. The van der Waals surface area contributed by atoms with Crippen LogP contribution in [0.15, 0.2) is 47.4 Å². The second kappa shape index (κ2) is 12.5. The summed E-state index contributed by atoms with van der Waals surface area (Å²) in [5, 5.41) is 12.0. The van der Waals surface area contributed by atoms with Crippen molar-refractivity contribution in [2.75, 3.05) is 0 Å². The summed E-state index contributed by atoms with van der Waals surface area (Å²) in [6.07, 6.45) is 8.98. The van der Waals surface area contributed by atoms with E-state index in [4.69, 9.17) is 9.29 Å². The van der Waals surface area contributed by atoms with Crippen LogP contribution in [0.4, 0.5) is 0 Å². The zero-order chi connectivity index (χ0) is 19.7. The molecule has 0 unspecified atom stereocenters. The van der Waals surface area contributed by atoms with Gasteiger partial charge in [-0.2, -0.15) is 8.42 Å². The van der Waals surface area contributed by atoms with E-state index in [2.05, 4.69) is 6.92 Å². The summed E-state index contributed by atoms with van der Waals surface area (Å²) in [6, 6.07) is 10.4. The molecule has 0 amide bonds. The fraction of sp³-hybridized carbons (Fsp3) is 0.429. The average molecular weight is 414 g/mol. The van der Waals surface area contributed by atoms with Gasteiger partial charge < -0.3 is 9.84 Å². The van der Waals surface area contributed by atoms with Gasteiger partial charge in [-0.25, -0.2) is 0 Å². The molecule has 2 aromatic rings. The first-order chi connectivity index (χ1) is 12.9. The maximum absolute atomic E-state index is 12.0. The zero-order valence-corrected chi connectivity index (χ0v) is 19.5. The summed E-state index contributed by atoms with van der Waals surface area (Å²) < 4.78 is 37.2. The maximum atomic E-state index is 12.0. The summed E-state index contributed by atoms with van der Waals surface area (Å²) in [7, 11) is -4.29.